The van der Waals surface area contributed by atoms with Crippen molar-refractivity contribution >= 4 is 28.9 Å². The van der Waals surface area contributed by atoms with E-state index in [1.807, 2.05) is 0 Å². The summed E-state index contributed by atoms with van der Waals surface area (Å²) in [6, 6.07) is 2.28. The maximum atomic E-state index is 13.4. The monoisotopic (exact) mass is 446 g/mol. The average molecular weight is 446 g/mol. The molecule has 7 N–H and O–H groups in total. The number of hydrogen-bond acceptors (Lipinski definition) is 8. The second-order valence-electron chi connectivity index (χ2n) is 8.59. The number of phenols is 1. The van der Waals surface area contributed by atoms with Crippen molar-refractivity contribution in [2.24, 2.45) is 17.6 Å². The maximum absolute atomic E-state index is 13.4. The predicted octanol–water partition coefficient (Wildman–Crippen LogP) is 1.19. The number of Topliss-reactive ketones (excluding diaryl/α,β-unsaturated/α-hetero) is 2. The molecule has 170 valence electrons. The number of rotatable bonds is 4. The van der Waals surface area contributed by atoms with E-state index in [0.29, 0.717) is 11.3 Å². The lowest BCUT2D eigenvalue weighted by molar-refractivity contribution is -0.147. The number of nitrogens with one attached hydrogen (secondary N) is 1. The fraction of sp³-hybridized carbons (Fsp3) is 0.409. The first-order valence-electron chi connectivity index (χ1n) is 10.2. The van der Waals surface area contributed by atoms with Crippen LogP contribution in [0.4, 0.5) is 10.1 Å². The van der Waals surface area contributed by atoms with E-state index in [4.69, 9.17) is 5.73 Å². The Bertz CT molecular complexity index is 1130. The molecule has 4 atom stereocenters. The number of aromatic hydroxyl groups is 1. The van der Waals surface area contributed by atoms with Gasteiger partial charge in [0.2, 0.25) is 5.78 Å². The van der Waals surface area contributed by atoms with Crippen molar-refractivity contribution in [1.29, 1.82) is 0 Å². The molecule has 1 fully saturated rings. The van der Waals surface area contributed by atoms with Gasteiger partial charge in [-0.05, 0) is 43.4 Å². The third-order valence-corrected chi connectivity index (χ3v) is 6.58. The lowest BCUT2D eigenvalue weighted by atomic mass is 9.59. The Morgan fingerprint density at radius 1 is 1.28 bits per heavy atom. The second kappa shape index (κ2) is 7.33. The Balaban J connectivity index is 1.89. The minimum Gasteiger partial charge on any atom is -0.508 e. The zero-order valence-electron chi connectivity index (χ0n) is 17.2. The quantitative estimate of drug-likeness (QED) is 0.296. The molecule has 3 aliphatic carbocycles. The number of amides is 1. The molecule has 1 aromatic carbocycles. The average Bonchev–Trinajstić information content (AvgIpc) is 2.72. The van der Waals surface area contributed by atoms with E-state index in [1.165, 1.54) is 12.1 Å². The van der Waals surface area contributed by atoms with Crippen LogP contribution in [0, 0.1) is 11.8 Å². The molecule has 0 spiro atoms. The number of aliphatic hydroxyl groups is 3. The van der Waals surface area contributed by atoms with E-state index in [9.17, 15) is 39.2 Å². The van der Waals surface area contributed by atoms with Crippen molar-refractivity contribution in [3.8, 4) is 5.75 Å². The van der Waals surface area contributed by atoms with Gasteiger partial charge in [0.1, 0.15) is 29.5 Å². The van der Waals surface area contributed by atoms with Gasteiger partial charge in [0.05, 0.1) is 11.6 Å². The first-order chi connectivity index (χ1) is 15.0. The van der Waals surface area contributed by atoms with E-state index < -0.39 is 64.7 Å². The van der Waals surface area contributed by atoms with Gasteiger partial charge in [-0.15, -0.1) is 0 Å². The van der Waals surface area contributed by atoms with Crippen LogP contribution in [0.3, 0.4) is 0 Å². The number of ketones is 2. The highest BCUT2D eigenvalue weighted by Crippen LogP contribution is 2.52. The molecule has 0 heterocycles. The summed E-state index contributed by atoms with van der Waals surface area (Å²) in [7, 11) is 0. The first kappa shape index (κ1) is 21.8. The number of carbonyl (C=O) groups excluding carboxylic acids is 3. The molecule has 32 heavy (non-hydrogen) atoms. The lowest BCUT2D eigenvalue weighted by Gasteiger charge is -2.46. The number of alkyl halides is 1. The summed E-state index contributed by atoms with van der Waals surface area (Å²) in [5.74, 6) is -6.78. The van der Waals surface area contributed by atoms with Crippen LogP contribution in [0.2, 0.25) is 0 Å². The molecule has 0 bridgehead atoms. The van der Waals surface area contributed by atoms with E-state index in [-0.39, 0.29) is 36.1 Å². The van der Waals surface area contributed by atoms with Crippen LogP contribution >= 0.6 is 0 Å². The van der Waals surface area contributed by atoms with Gasteiger partial charge < -0.3 is 31.5 Å². The minimum absolute atomic E-state index is 0.0341. The maximum Gasteiger partial charge on any atom is 0.255 e. The summed E-state index contributed by atoms with van der Waals surface area (Å²) in [4.78, 5) is 37.4. The Morgan fingerprint density at radius 3 is 2.59 bits per heavy atom. The molecule has 10 heteroatoms. The summed E-state index contributed by atoms with van der Waals surface area (Å²) in [6.07, 6.45) is -0.188. The number of hydrogen-bond donors (Lipinski definition) is 6. The third-order valence-electron chi connectivity index (χ3n) is 6.58. The summed E-state index contributed by atoms with van der Waals surface area (Å²) in [5.41, 5.74) is 2.42. The highest BCUT2D eigenvalue weighted by Gasteiger charge is 2.60. The van der Waals surface area contributed by atoms with Crippen molar-refractivity contribution in [2.45, 2.75) is 37.8 Å². The molecule has 0 saturated heterocycles. The number of carbonyl (C=O) groups is 3. The van der Waals surface area contributed by atoms with Crippen LogP contribution < -0.4 is 11.1 Å². The van der Waals surface area contributed by atoms with Gasteiger partial charge in [-0.25, -0.2) is 4.39 Å². The van der Waals surface area contributed by atoms with Crippen molar-refractivity contribution in [3.05, 3.63) is 40.2 Å². The molecule has 1 amide bonds. The first-order valence-corrected chi connectivity index (χ1v) is 10.2. The second-order valence-corrected chi connectivity index (χ2v) is 8.59. The highest BCUT2D eigenvalue weighted by atomic mass is 19.1. The van der Waals surface area contributed by atoms with Crippen LogP contribution in [0.15, 0.2) is 29.0 Å². The van der Waals surface area contributed by atoms with Gasteiger partial charge in [0.15, 0.2) is 11.4 Å². The largest absolute Gasteiger partial charge is 0.508 e. The molecule has 0 aromatic heterocycles. The highest BCUT2D eigenvalue weighted by molar-refractivity contribution is 6.22. The molecule has 4 rings (SSSR count). The molecule has 4 unspecified atom stereocenters. The molecular weight excluding hydrogens is 423 g/mol. The molecule has 1 saturated carbocycles. The van der Waals surface area contributed by atoms with Crippen LogP contribution in [0.25, 0.3) is 5.76 Å². The molecular formula is C22H23FN2O7. The van der Waals surface area contributed by atoms with Crippen molar-refractivity contribution in [2.75, 3.05) is 12.0 Å². The fourth-order valence-corrected chi connectivity index (χ4v) is 5.06. The standard InChI is InChI=1S/C22H23FN2O7/c1-8(7-23)25-12-2-3-13(26)16-11(12)5-9-4-10-6-14(27)17(21(24)31)20(30)22(10,32)19(29)15(9)18(16)28/h2-3,8-10,25-26,28,30,32H,4-7H2,1H3,(H2,24,31). The molecule has 0 aliphatic heterocycles. The summed E-state index contributed by atoms with van der Waals surface area (Å²) >= 11 is 0. The van der Waals surface area contributed by atoms with E-state index in [1.54, 1.807) is 6.92 Å². The van der Waals surface area contributed by atoms with Crippen LogP contribution in [0.5, 0.6) is 5.75 Å². The molecule has 3 aliphatic rings. The van der Waals surface area contributed by atoms with Crippen molar-refractivity contribution in [3.63, 3.8) is 0 Å². The number of aliphatic hydroxyl groups excluding tert-OH is 2. The lowest BCUT2D eigenvalue weighted by Crippen LogP contribution is -2.58. The summed E-state index contributed by atoms with van der Waals surface area (Å²) < 4.78 is 13.0. The zero-order valence-corrected chi connectivity index (χ0v) is 17.2. The number of halogens is 1. The van der Waals surface area contributed by atoms with E-state index in [2.05, 4.69) is 5.32 Å². The van der Waals surface area contributed by atoms with Gasteiger partial charge in [-0.2, -0.15) is 0 Å². The topological polar surface area (TPSA) is 170 Å². The van der Waals surface area contributed by atoms with Crippen LogP contribution in [0.1, 0.15) is 30.9 Å². The van der Waals surface area contributed by atoms with Crippen LogP contribution in [-0.2, 0) is 20.8 Å². The number of nitrogens with two attached hydrogens (primary N) is 1. The number of anilines is 1. The molecule has 9 nitrogen and oxygen atoms in total. The Morgan fingerprint density at radius 2 is 1.97 bits per heavy atom. The van der Waals surface area contributed by atoms with E-state index in [0.717, 1.165) is 0 Å². The Labute approximate surface area is 182 Å². The minimum atomic E-state index is -2.59. The number of primary amides is 1. The summed E-state index contributed by atoms with van der Waals surface area (Å²) in [6.45, 7) is 0.961. The van der Waals surface area contributed by atoms with Crippen molar-refractivity contribution in [1.82, 2.24) is 0 Å². The van der Waals surface area contributed by atoms with Crippen molar-refractivity contribution < 1.29 is 39.2 Å². The van der Waals surface area contributed by atoms with Gasteiger partial charge in [0.25, 0.3) is 5.91 Å². The summed E-state index contributed by atoms with van der Waals surface area (Å²) in [5, 5.41) is 46.0. The smallest absolute Gasteiger partial charge is 0.255 e. The van der Waals surface area contributed by atoms with Crippen LogP contribution in [-0.4, -0.2) is 56.2 Å². The van der Waals surface area contributed by atoms with Gasteiger partial charge in [0, 0.05) is 23.6 Å². The molecule has 0 radical (unpaired) electrons. The number of fused-ring (bicyclic) bond motifs is 3. The molecule has 1 aromatic rings. The normalized spacial score (nSPS) is 28.1. The number of phenolic OH excluding ortho intramolecular Hbond substituents is 1. The SMILES string of the molecule is CC(CF)Nc1ccc(O)c2c1CC1CC3CC(=O)C(C(N)=O)=C(O)C3(O)C(=O)C1=C2O. The van der Waals surface area contributed by atoms with Gasteiger partial charge in [-0.1, -0.05) is 0 Å². The zero-order chi connectivity index (χ0) is 23.5. The fourth-order valence-electron chi connectivity index (χ4n) is 5.06. The Hall–Kier alpha value is -3.40. The number of benzene rings is 1. The van der Waals surface area contributed by atoms with E-state index >= 15 is 0 Å². The Kier molecular flexibility index (Phi) is 5.00. The predicted molar refractivity (Wildman–Crippen MR) is 110 cm³/mol. The van der Waals surface area contributed by atoms with Gasteiger partial charge in [-0.3, -0.25) is 14.4 Å². The third kappa shape index (κ3) is 2.89. The van der Waals surface area contributed by atoms with Gasteiger partial charge >= 0.3 is 0 Å².